The molecule has 0 amide bonds. The molecular weight excluding hydrogens is 797 g/mol. The van der Waals surface area contributed by atoms with Crippen LogP contribution in [0.15, 0.2) is 218 Å². The van der Waals surface area contributed by atoms with Crippen LogP contribution in [-0.4, -0.2) is 36.7 Å². The quantitative estimate of drug-likeness (QED) is 0.162. The van der Waals surface area contributed by atoms with Gasteiger partial charge in [0.25, 0.3) is 0 Å². The minimum atomic E-state index is -6.33. The Morgan fingerprint density at radius 2 is 0.750 bits per heavy atom. The Labute approximate surface area is 419 Å². The van der Waals surface area contributed by atoms with Crippen LogP contribution in [0.25, 0.3) is 94.4 Å². The second-order valence-electron chi connectivity index (χ2n) is 14.1. The van der Waals surface area contributed by atoms with E-state index in [1.807, 2.05) is 0 Å². The van der Waals surface area contributed by atoms with Crippen LogP contribution >= 0.6 is 0 Å². The summed E-state index contributed by atoms with van der Waals surface area (Å²) in [6, 6.07) is -38.4. The summed E-state index contributed by atoms with van der Waals surface area (Å²) in [6.07, 6.45) is 0. The van der Waals surface area contributed by atoms with Crippen LogP contribution in [0.2, 0.25) is 0 Å². The fourth-order valence-corrected chi connectivity index (χ4v) is 12.7. The van der Waals surface area contributed by atoms with Gasteiger partial charge in [-0.3, -0.25) is 9.13 Å². The molecule has 0 atom stereocenters. The minimum absolute atomic E-state index is 0.604. The smallest absolute Gasteiger partial charge is 0.240 e. The van der Waals surface area contributed by atoms with Crippen molar-refractivity contribution in [1.82, 2.24) is 28.7 Å². The maximum absolute atomic E-state index is 10.9. The molecule has 1 aliphatic heterocycles. The van der Waals surface area contributed by atoms with Gasteiger partial charge in [0.05, 0.1) is 82.4 Å². The Morgan fingerprint density at radius 1 is 0.344 bits per heavy atom. The van der Waals surface area contributed by atoms with E-state index in [2.05, 4.69) is 15.0 Å². The van der Waals surface area contributed by atoms with Gasteiger partial charge in [-0.15, -0.1) is 0 Å². The number of hydrogen-bond acceptors (Lipinski definition) is 3. The third-order valence-corrected chi connectivity index (χ3v) is 15.3. The zero-order valence-electron chi connectivity index (χ0n) is 67.7. The Balaban J connectivity index is 1.32. The molecule has 0 spiro atoms. The van der Waals surface area contributed by atoms with Crippen LogP contribution in [-0.2, 0) is 0 Å². The molecule has 0 bridgehead atoms. The number of nitrogens with zero attached hydrogens (tertiary/aromatic N) is 6. The lowest BCUT2D eigenvalue weighted by atomic mass is 10.1. The predicted octanol–water partition coefficient (Wildman–Crippen LogP) is 10.5. The van der Waals surface area contributed by atoms with Crippen molar-refractivity contribution in [2.24, 2.45) is 0 Å². The van der Waals surface area contributed by atoms with E-state index in [-0.39, 0.29) is 0 Å². The molecule has 9 aromatic carbocycles. The van der Waals surface area contributed by atoms with Crippen molar-refractivity contribution in [2.75, 3.05) is 0 Å². The molecule has 6 nitrogen and oxygen atoms in total. The molecule has 0 radical (unpaired) electrons. The first-order chi connectivity index (χ1) is 46.7. The number of aromatic nitrogens is 6. The Bertz CT molecular complexity index is 5730. The number of hydrogen-bond donors (Lipinski definition) is 0. The van der Waals surface area contributed by atoms with E-state index in [0.717, 1.165) is 4.57 Å². The molecule has 0 aliphatic carbocycles. The second kappa shape index (κ2) is 13.3. The van der Waals surface area contributed by atoms with Gasteiger partial charge in [-0.05, 0) is 57.0 Å². The molecule has 0 saturated carbocycles. The average Bonchev–Trinajstić information content (AvgIpc) is 1.54. The van der Waals surface area contributed by atoms with Crippen molar-refractivity contribution in [3.8, 4) is 29.0 Å². The zero-order valence-corrected chi connectivity index (χ0v) is 32.7. The number of benzene rings is 9. The number of para-hydroxylation sites is 6. The average molecular weight is 869 g/mol. The van der Waals surface area contributed by atoms with Crippen molar-refractivity contribution in [1.29, 1.82) is 0 Å². The summed E-state index contributed by atoms with van der Waals surface area (Å²) in [6.45, 7) is 0. The topological polar surface area (TPSA) is 53.5 Å². The van der Waals surface area contributed by atoms with Crippen LogP contribution in [0.4, 0.5) is 0 Å². The van der Waals surface area contributed by atoms with E-state index >= 15 is 0 Å². The van der Waals surface area contributed by atoms with Gasteiger partial charge in [-0.25, -0.2) is 0 Å². The van der Waals surface area contributed by atoms with Crippen molar-refractivity contribution in [3.63, 3.8) is 0 Å². The maximum Gasteiger partial charge on any atom is 0.240 e. The summed E-state index contributed by atoms with van der Waals surface area (Å²) < 4.78 is 339. The SMILES string of the molecule is [2H]c1c([2H])c([2H])c([Si]2(c3c([2H])c([2H])c([2H])c([2H])c3[2H])c3c([2H])c([2H])c(-c4nc(-n5c6c([2H])c([2H])c([2H])c([2H])c6c6c([2H])c([2H])c([2H])c([2H])c65)nc(-n5c6c([2H])c([2H])c([2H])c([2H])c6c6c([2H])c([2H])c([2H])c([2H])c65)n4)c([2H])c3-n3c4c([2H])c([2H])c([2H])c([2H])c4c4c([2H])c([2H])c([2H])c2c43)c([2H])c1[2H]. The van der Waals surface area contributed by atoms with E-state index in [4.69, 9.17) is 21.9 Å². The molecular formula is C57H36N6Si. The highest BCUT2D eigenvalue weighted by Gasteiger charge is 2.47. The van der Waals surface area contributed by atoms with Crippen LogP contribution in [0.3, 0.4) is 0 Å². The summed E-state index contributed by atoms with van der Waals surface area (Å²) in [5.41, 5.74) is -6.51. The zero-order chi connectivity index (χ0) is 73.3. The first kappa shape index (κ1) is 15.2. The Hall–Kier alpha value is -8.39. The molecule has 1 aliphatic rings. The van der Waals surface area contributed by atoms with Gasteiger partial charge in [0.1, 0.15) is 0 Å². The molecule has 4 aromatic heterocycles. The predicted molar refractivity (Wildman–Crippen MR) is 265 cm³/mol. The van der Waals surface area contributed by atoms with Gasteiger partial charge in [0.2, 0.25) is 11.9 Å². The Morgan fingerprint density at radius 3 is 1.23 bits per heavy atom. The highest BCUT2D eigenvalue weighted by atomic mass is 28.3. The standard InChI is InChI=1S/C57H36N6Si/c1-3-18-38(19-4-1)64(39-20-5-2-6-21-39)52-35-34-37(36-51(52)61-46-28-12-11-26-44(46)45-27-17-33-53(64)54(45)61)55-58-56(62-47-29-13-7-22-40(47)41-23-8-14-30-48(41)62)60-57(59-55)63-49-31-15-9-24-42(49)43-25-10-16-32-50(43)63/h1-36H/i1D,2D,3D,4D,5D,6D,7D,8D,9D,10D,11D,12D,13D,14D,15D,16D,17D,18D,19D,20D,21D,22D,23D,24D,25D,26D,27D,28D,29D,30D,31D,32D,33D,34D,35D,36D. The lowest BCUT2D eigenvalue weighted by Crippen LogP contribution is -2.76. The second-order valence-corrected chi connectivity index (χ2v) is 17.6. The molecule has 0 N–H and O–H groups in total. The summed E-state index contributed by atoms with van der Waals surface area (Å²) in [5, 5.41) is -7.75. The fourth-order valence-electron chi connectivity index (χ4n) is 8.54. The van der Waals surface area contributed by atoms with Gasteiger partial charge in [0.15, 0.2) is 13.9 Å². The number of fused-ring (bicyclic) bond motifs is 11. The van der Waals surface area contributed by atoms with E-state index < -0.39 is 341 Å². The van der Waals surface area contributed by atoms with Gasteiger partial charge in [-0.2, -0.15) is 15.0 Å². The monoisotopic (exact) mass is 869 g/mol. The highest BCUT2D eigenvalue weighted by Crippen LogP contribution is 2.38. The molecule has 13 aromatic rings. The molecule has 14 rings (SSSR count). The lowest BCUT2D eigenvalue weighted by Gasteiger charge is -2.40. The lowest BCUT2D eigenvalue weighted by molar-refractivity contribution is 0.892. The molecule has 298 valence electrons. The minimum Gasteiger partial charge on any atom is -0.309 e. The molecule has 0 saturated heterocycles. The molecule has 0 unspecified atom stereocenters. The molecule has 0 fully saturated rings. The van der Waals surface area contributed by atoms with Crippen LogP contribution in [0.5, 0.6) is 0 Å². The van der Waals surface area contributed by atoms with E-state index in [9.17, 15) is 27.4 Å². The van der Waals surface area contributed by atoms with Crippen LogP contribution in [0, 0.1) is 0 Å². The van der Waals surface area contributed by atoms with Crippen LogP contribution < -0.4 is 20.7 Å². The summed E-state index contributed by atoms with van der Waals surface area (Å²) in [7, 11) is -6.33. The van der Waals surface area contributed by atoms with Gasteiger partial charge < -0.3 is 4.57 Å². The van der Waals surface area contributed by atoms with Gasteiger partial charge in [0, 0.05) is 43.6 Å². The first-order valence-corrected chi connectivity index (χ1v) is 20.9. The summed E-state index contributed by atoms with van der Waals surface area (Å²) >= 11 is 0. The first-order valence-electron chi connectivity index (χ1n) is 36.9. The van der Waals surface area contributed by atoms with Crippen molar-refractivity contribution in [3.05, 3.63) is 218 Å². The highest BCUT2D eigenvalue weighted by molar-refractivity contribution is 7.21. The summed E-state index contributed by atoms with van der Waals surface area (Å²) in [4.78, 5) is 14.0. The van der Waals surface area contributed by atoms with E-state index in [0.29, 0.717) is 9.13 Å². The fraction of sp³-hybridized carbons (Fsp3) is 0. The van der Waals surface area contributed by atoms with Crippen molar-refractivity contribution >= 4 is 94.2 Å². The van der Waals surface area contributed by atoms with Crippen molar-refractivity contribution < 1.29 is 49.3 Å². The largest absolute Gasteiger partial charge is 0.309 e. The van der Waals surface area contributed by atoms with Gasteiger partial charge in [-0.1, -0.05) is 181 Å². The van der Waals surface area contributed by atoms with E-state index in [1.54, 1.807) is 0 Å². The Kier molecular flexibility index (Phi) is 3.15. The number of rotatable bonds is 5. The van der Waals surface area contributed by atoms with Crippen LogP contribution in [0.1, 0.15) is 49.3 Å². The third-order valence-electron chi connectivity index (χ3n) is 11.0. The summed E-state index contributed by atoms with van der Waals surface area (Å²) in [5.74, 6) is -3.28. The third kappa shape index (κ3) is 4.70. The molecule has 7 heteroatoms. The van der Waals surface area contributed by atoms with Gasteiger partial charge >= 0.3 is 0 Å². The van der Waals surface area contributed by atoms with Crippen molar-refractivity contribution in [2.45, 2.75) is 0 Å². The normalized spacial score (nSPS) is 21.0. The maximum atomic E-state index is 10.9. The van der Waals surface area contributed by atoms with E-state index in [1.165, 1.54) is 0 Å². The molecule has 64 heavy (non-hydrogen) atoms. The molecule has 5 heterocycles.